The zero-order valence-electron chi connectivity index (χ0n) is 10.9. The number of benzene rings is 1. The molecule has 0 bridgehead atoms. The van der Waals surface area contributed by atoms with Crippen LogP contribution in [0, 0.1) is 5.92 Å². The second-order valence-corrected chi connectivity index (χ2v) is 6.04. The summed E-state index contributed by atoms with van der Waals surface area (Å²) in [6, 6.07) is 6.17. The van der Waals surface area contributed by atoms with Gasteiger partial charge in [-0.05, 0) is 57.5 Å². The summed E-state index contributed by atoms with van der Waals surface area (Å²) >= 11 is 11.9. The Hall–Kier alpha value is -0.440. The molecule has 2 nitrogen and oxygen atoms in total. The van der Waals surface area contributed by atoms with Crippen LogP contribution < -0.4 is 5.32 Å². The number of piperidine rings is 1. The van der Waals surface area contributed by atoms with E-state index in [9.17, 15) is 0 Å². The Morgan fingerprint density at radius 1 is 1.33 bits per heavy atom. The number of halogens is 2. The van der Waals surface area contributed by atoms with Gasteiger partial charge in [-0.3, -0.25) is 0 Å². The monoisotopic (exact) mass is 286 g/mol. The molecule has 100 valence electrons. The van der Waals surface area contributed by atoms with Crippen molar-refractivity contribution in [3.8, 4) is 0 Å². The normalized spacial score (nSPS) is 22.8. The smallest absolute Gasteiger partial charge is 0.0612 e. The van der Waals surface area contributed by atoms with Crippen LogP contribution in [0.15, 0.2) is 18.2 Å². The average molecular weight is 287 g/mol. The van der Waals surface area contributed by atoms with E-state index >= 15 is 0 Å². The molecule has 0 aromatic heterocycles. The van der Waals surface area contributed by atoms with Crippen molar-refractivity contribution in [2.45, 2.75) is 25.8 Å². The fourth-order valence-corrected chi connectivity index (χ4v) is 2.88. The highest BCUT2D eigenvalue weighted by Gasteiger charge is 2.22. The molecular weight excluding hydrogens is 267 g/mol. The maximum atomic E-state index is 6.03. The van der Waals surface area contributed by atoms with Crippen molar-refractivity contribution in [2.75, 3.05) is 25.5 Å². The van der Waals surface area contributed by atoms with Gasteiger partial charge in [-0.25, -0.2) is 0 Å². The van der Waals surface area contributed by atoms with Crippen LogP contribution in [0.1, 0.15) is 19.8 Å². The zero-order valence-corrected chi connectivity index (χ0v) is 12.4. The summed E-state index contributed by atoms with van der Waals surface area (Å²) in [7, 11) is 2.19. The highest BCUT2D eigenvalue weighted by Crippen LogP contribution is 2.27. The highest BCUT2D eigenvalue weighted by atomic mass is 35.5. The maximum absolute atomic E-state index is 6.03. The predicted octanol–water partition coefficient (Wildman–Crippen LogP) is 4.14. The topological polar surface area (TPSA) is 15.3 Å². The largest absolute Gasteiger partial charge is 0.382 e. The third-order valence-electron chi connectivity index (χ3n) is 3.68. The predicted molar refractivity (Wildman–Crippen MR) is 79.8 cm³/mol. The van der Waals surface area contributed by atoms with Gasteiger partial charge in [-0.2, -0.15) is 0 Å². The third kappa shape index (κ3) is 3.53. The summed E-state index contributed by atoms with van der Waals surface area (Å²) in [5.41, 5.74) is 1.05. The SMILES string of the molecule is CC(Nc1ccc(Cl)c(Cl)c1)C1CCCN(C)C1. The van der Waals surface area contributed by atoms with Gasteiger partial charge < -0.3 is 10.2 Å². The Morgan fingerprint density at radius 2 is 2.11 bits per heavy atom. The van der Waals surface area contributed by atoms with Crippen molar-refractivity contribution < 1.29 is 0 Å². The van der Waals surface area contributed by atoms with Crippen molar-refractivity contribution in [3.63, 3.8) is 0 Å². The van der Waals surface area contributed by atoms with E-state index in [0.717, 1.165) is 12.2 Å². The highest BCUT2D eigenvalue weighted by molar-refractivity contribution is 6.42. The lowest BCUT2D eigenvalue weighted by Crippen LogP contribution is -2.39. The molecule has 1 aliphatic heterocycles. The first-order chi connectivity index (χ1) is 8.56. The van der Waals surface area contributed by atoms with Crippen LogP contribution in [0.25, 0.3) is 0 Å². The molecule has 1 aromatic carbocycles. The molecule has 1 fully saturated rings. The van der Waals surface area contributed by atoms with Crippen molar-refractivity contribution >= 4 is 28.9 Å². The number of rotatable bonds is 3. The molecule has 0 radical (unpaired) electrons. The van der Waals surface area contributed by atoms with Crippen LogP contribution in [-0.4, -0.2) is 31.1 Å². The van der Waals surface area contributed by atoms with Gasteiger partial charge in [-0.15, -0.1) is 0 Å². The van der Waals surface area contributed by atoms with E-state index in [-0.39, 0.29) is 0 Å². The molecule has 0 saturated carbocycles. The summed E-state index contributed by atoms with van der Waals surface area (Å²) in [4.78, 5) is 2.40. The molecule has 2 unspecified atom stereocenters. The van der Waals surface area contributed by atoms with Crippen molar-refractivity contribution in [1.29, 1.82) is 0 Å². The van der Waals surface area contributed by atoms with Crippen LogP contribution in [-0.2, 0) is 0 Å². The number of nitrogens with zero attached hydrogens (tertiary/aromatic N) is 1. The molecule has 0 amide bonds. The standard InChI is InChI=1S/C14H20Cl2N2/c1-10(11-4-3-7-18(2)9-11)17-12-5-6-13(15)14(16)8-12/h5-6,8,10-11,17H,3-4,7,9H2,1-2H3. The molecule has 4 heteroatoms. The fraction of sp³-hybridized carbons (Fsp3) is 0.571. The Morgan fingerprint density at radius 3 is 2.78 bits per heavy atom. The van der Waals surface area contributed by atoms with Gasteiger partial charge in [-0.1, -0.05) is 23.2 Å². The summed E-state index contributed by atoms with van der Waals surface area (Å²) in [6.45, 7) is 4.62. The van der Waals surface area contributed by atoms with E-state index in [1.807, 2.05) is 18.2 Å². The Bertz CT molecular complexity index is 409. The molecule has 1 aromatic rings. The summed E-state index contributed by atoms with van der Waals surface area (Å²) in [6.07, 6.45) is 2.58. The molecule has 2 atom stereocenters. The molecule has 1 heterocycles. The lowest BCUT2D eigenvalue weighted by Gasteiger charge is -2.34. The quantitative estimate of drug-likeness (QED) is 0.899. The van der Waals surface area contributed by atoms with E-state index < -0.39 is 0 Å². The fourth-order valence-electron chi connectivity index (χ4n) is 2.58. The minimum atomic E-state index is 0.449. The maximum Gasteiger partial charge on any atom is 0.0612 e. The zero-order chi connectivity index (χ0) is 13.1. The molecule has 1 aliphatic rings. The van der Waals surface area contributed by atoms with Gasteiger partial charge in [0, 0.05) is 18.3 Å². The van der Waals surface area contributed by atoms with Crippen molar-refractivity contribution in [1.82, 2.24) is 4.90 Å². The first-order valence-corrected chi connectivity index (χ1v) is 7.22. The summed E-state index contributed by atoms with van der Waals surface area (Å²) in [5, 5.41) is 4.74. The minimum Gasteiger partial charge on any atom is -0.382 e. The minimum absolute atomic E-state index is 0.449. The lowest BCUT2D eigenvalue weighted by atomic mass is 9.92. The van der Waals surface area contributed by atoms with Crippen LogP contribution in [0.2, 0.25) is 10.0 Å². The van der Waals surface area contributed by atoms with E-state index in [1.54, 1.807) is 0 Å². The van der Waals surface area contributed by atoms with Gasteiger partial charge >= 0.3 is 0 Å². The van der Waals surface area contributed by atoms with E-state index in [0.29, 0.717) is 22.0 Å². The number of likely N-dealkylation sites (tertiary alicyclic amines) is 1. The van der Waals surface area contributed by atoms with E-state index in [4.69, 9.17) is 23.2 Å². The Labute approximate surface area is 119 Å². The third-order valence-corrected chi connectivity index (χ3v) is 4.42. The second-order valence-electron chi connectivity index (χ2n) is 5.23. The molecular formula is C14H20Cl2N2. The van der Waals surface area contributed by atoms with Crippen LogP contribution in [0.4, 0.5) is 5.69 Å². The number of anilines is 1. The average Bonchev–Trinajstić information content (AvgIpc) is 2.34. The number of hydrogen-bond donors (Lipinski definition) is 1. The molecule has 0 spiro atoms. The van der Waals surface area contributed by atoms with Crippen molar-refractivity contribution in [2.24, 2.45) is 5.92 Å². The molecule has 0 aliphatic carbocycles. The summed E-state index contributed by atoms with van der Waals surface area (Å²) < 4.78 is 0. The van der Waals surface area contributed by atoms with Gasteiger partial charge in [0.2, 0.25) is 0 Å². The van der Waals surface area contributed by atoms with Crippen LogP contribution in [0.5, 0.6) is 0 Å². The summed E-state index contributed by atoms with van der Waals surface area (Å²) in [5.74, 6) is 0.693. The number of hydrogen-bond acceptors (Lipinski definition) is 2. The first kappa shape index (κ1) is 14.0. The second kappa shape index (κ2) is 6.14. The van der Waals surface area contributed by atoms with E-state index in [2.05, 4.69) is 24.2 Å². The Balaban J connectivity index is 1.97. The van der Waals surface area contributed by atoms with Gasteiger partial charge in [0.05, 0.1) is 10.0 Å². The van der Waals surface area contributed by atoms with Gasteiger partial charge in [0.15, 0.2) is 0 Å². The lowest BCUT2D eigenvalue weighted by molar-refractivity contribution is 0.197. The molecule has 1 N–H and O–H groups in total. The Kier molecular flexibility index (Phi) is 4.77. The molecule has 2 rings (SSSR count). The van der Waals surface area contributed by atoms with Crippen LogP contribution >= 0.6 is 23.2 Å². The molecule has 18 heavy (non-hydrogen) atoms. The molecule has 1 saturated heterocycles. The van der Waals surface area contributed by atoms with Crippen LogP contribution in [0.3, 0.4) is 0 Å². The van der Waals surface area contributed by atoms with Crippen molar-refractivity contribution in [3.05, 3.63) is 28.2 Å². The van der Waals surface area contributed by atoms with Gasteiger partial charge in [0.25, 0.3) is 0 Å². The van der Waals surface area contributed by atoms with E-state index in [1.165, 1.54) is 19.4 Å². The first-order valence-electron chi connectivity index (χ1n) is 6.46. The van der Waals surface area contributed by atoms with Gasteiger partial charge in [0.1, 0.15) is 0 Å². The number of nitrogens with one attached hydrogen (secondary N) is 1.